The molecule has 108 valence electrons. The van der Waals surface area contributed by atoms with Crippen LogP contribution in [0, 0.1) is 0 Å². The zero-order valence-electron chi connectivity index (χ0n) is 10.9. The van der Waals surface area contributed by atoms with Gasteiger partial charge in [0, 0.05) is 12.2 Å². The second kappa shape index (κ2) is 7.54. The lowest BCUT2D eigenvalue weighted by molar-refractivity contribution is -0.137. The topological polar surface area (TPSA) is 78.9 Å². The number of aliphatic carboxylic acids is 1. The summed E-state index contributed by atoms with van der Waals surface area (Å²) < 4.78 is 5.77. The normalized spacial score (nSPS) is 9.70. The minimum Gasteiger partial charge on any atom is -0.496 e. The first kappa shape index (κ1) is 16.0. The fourth-order valence-electron chi connectivity index (χ4n) is 1.49. The number of hydrogen-bond donors (Lipinski definition) is 2. The summed E-state index contributed by atoms with van der Waals surface area (Å²) in [7, 11) is 1.54. The third-order valence-electron chi connectivity index (χ3n) is 2.37. The van der Waals surface area contributed by atoms with Crippen LogP contribution in [-0.4, -0.2) is 42.2 Å². The van der Waals surface area contributed by atoms with E-state index in [-0.39, 0.29) is 6.54 Å². The minimum atomic E-state index is -1.09. The molecule has 0 aromatic heterocycles. The molecule has 1 rings (SSSR count). The van der Waals surface area contributed by atoms with E-state index in [0.29, 0.717) is 15.9 Å². The lowest BCUT2D eigenvalue weighted by atomic mass is 10.3. The van der Waals surface area contributed by atoms with Crippen LogP contribution in [0.1, 0.15) is 0 Å². The Morgan fingerprint density at radius 2 is 2.25 bits per heavy atom. The molecule has 0 fully saturated rings. The molecule has 0 aliphatic rings. The Hall–Kier alpha value is -2.02. The number of methoxy groups -OCH3 is 1. The van der Waals surface area contributed by atoms with Crippen LogP contribution in [0.4, 0.5) is 10.5 Å². The number of hydrogen-bond acceptors (Lipinski definition) is 3. The van der Waals surface area contributed by atoms with Gasteiger partial charge in [0.15, 0.2) is 0 Å². The number of amides is 2. The molecule has 0 aliphatic heterocycles. The van der Waals surface area contributed by atoms with Gasteiger partial charge in [0.2, 0.25) is 0 Å². The van der Waals surface area contributed by atoms with Gasteiger partial charge in [-0.15, -0.1) is 6.58 Å². The zero-order valence-corrected chi connectivity index (χ0v) is 12.5. The van der Waals surface area contributed by atoms with Gasteiger partial charge in [0.1, 0.15) is 12.3 Å². The smallest absolute Gasteiger partial charge is 0.323 e. The van der Waals surface area contributed by atoms with Gasteiger partial charge >= 0.3 is 12.0 Å². The number of carboxylic acids is 1. The Bertz CT molecular complexity index is 519. The van der Waals surface area contributed by atoms with E-state index in [4.69, 9.17) is 9.84 Å². The van der Waals surface area contributed by atoms with Gasteiger partial charge in [-0.2, -0.15) is 0 Å². The molecule has 2 amide bonds. The van der Waals surface area contributed by atoms with Crippen LogP contribution < -0.4 is 10.1 Å². The number of urea groups is 1. The van der Waals surface area contributed by atoms with Crippen molar-refractivity contribution in [2.45, 2.75) is 0 Å². The van der Waals surface area contributed by atoms with Crippen LogP contribution in [-0.2, 0) is 4.79 Å². The average molecular weight is 343 g/mol. The Labute approximate surface area is 125 Å². The first-order valence-corrected chi connectivity index (χ1v) is 6.49. The summed E-state index contributed by atoms with van der Waals surface area (Å²) in [5.41, 5.74) is 0.530. The van der Waals surface area contributed by atoms with E-state index >= 15 is 0 Å². The predicted octanol–water partition coefficient (Wildman–Crippen LogP) is 2.56. The fraction of sp³-hybridized carbons (Fsp3) is 0.231. The highest BCUT2D eigenvalue weighted by molar-refractivity contribution is 9.10. The van der Waals surface area contributed by atoms with Crippen molar-refractivity contribution in [2.24, 2.45) is 0 Å². The monoisotopic (exact) mass is 342 g/mol. The summed E-state index contributed by atoms with van der Waals surface area (Å²) in [6.45, 7) is 3.25. The van der Waals surface area contributed by atoms with Gasteiger partial charge in [-0.1, -0.05) is 6.08 Å². The van der Waals surface area contributed by atoms with E-state index in [9.17, 15) is 9.59 Å². The molecule has 2 N–H and O–H groups in total. The first-order chi connectivity index (χ1) is 9.47. The van der Waals surface area contributed by atoms with Crippen molar-refractivity contribution in [1.82, 2.24) is 4.90 Å². The van der Waals surface area contributed by atoms with Crippen LogP contribution in [0.3, 0.4) is 0 Å². The standard InChI is InChI=1S/C13H15BrN2O4/c1-3-6-16(8-12(17)18)13(19)15-9-4-5-11(20-2)10(14)7-9/h3-5,7H,1,6,8H2,2H3,(H,15,19)(H,17,18). The number of halogens is 1. The molecule has 0 unspecified atom stereocenters. The third kappa shape index (κ3) is 4.58. The maximum Gasteiger partial charge on any atom is 0.323 e. The number of benzene rings is 1. The Morgan fingerprint density at radius 1 is 1.55 bits per heavy atom. The number of carboxylic acid groups (broad SMARTS) is 1. The van der Waals surface area contributed by atoms with E-state index in [0.717, 1.165) is 4.90 Å². The molecule has 0 spiro atoms. The number of rotatable bonds is 6. The molecule has 1 aromatic carbocycles. The summed E-state index contributed by atoms with van der Waals surface area (Å²) in [6, 6.07) is 4.51. The van der Waals surface area contributed by atoms with E-state index in [2.05, 4.69) is 27.8 Å². The minimum absolute atomic E-state index is 0.148. The maximum atomic E-state index is 12.0. The molecule has 0 bridgehead atoms. The van der Waals surface area contributed by atoms with Gasteiger partial charge in [0.05, 0.1) is 11.6 Å². The van der Waals surface area contributed by atoms with Crippen LogP contribution in [0.15, 0.2) is 35.3 Å². The Balaban J connectivity index is 2.79. The van der Waals surface area contributed by atoms with Crippen molar-refractivity contribution in [2.75, 3.05) is 25.5 Å². The van der Waals surface area contributed by atoms with Crippen molar-refractivity contribution in [3.05, 3.63) is 35.3 Å². The number of carbonyl (C=O) groups excluding carboxylic acids is 1. The number of nitrogens with one attached hydrogen (secondary N) is 1. The summed E-state index contributed by atoms with van der Waals surface area (Å²) in [5.74, 6) is -0.450. The van der Waals surface area contributed by atoms with Crippen molar-refractivity contribution < 1.29 is 19.4 Å². The van der Waals surface area contributed by atoms with Gasteiger partial charge in [-0.3, -0.25) is 4.79 Å². The van der Waals surface area contributed by atoms with Gasteiger partial charge < -0.3 is 20.1 Å². The molecule has 0 aliphatic carbocycles. The molecule has 7 heteroatoms. The quantitative estimate of drug-likeness (QED) is 0.778. The molecule has 0 radical (unpaired) electrons. The fourth-order valence-corrected chi connectivity index (χ4v) is 2.03. The third-order valence-corrected chi connectivity index (χ3v) is 2.99. The highest BCUT2D eigenvalue weighted by Gasteiger charge is 2.15. The van der Waals surface area contributed by atoms with E-state index in [1.807, 2.05) is 0 Å². The zero-order chi connectivity index (χ0) is 15.1. The largest absolute Gasteiger partial charge is 0.496 e. The van der Waals surface area contributed by atoms with Crippen molar-refractivity contribution in [3.63, 3.8) is 0 Å². The Kier molecular flexibility index (Phi) is 6.05. The highest BCUT2D eigenvalue weighted by atomic mass is 79.9. The summed E-state index contributed by atoms with van der Waals surface area (Å²) in [4.78, 5) is 23.8. The SMILES string of the molecule is C=CCN(CC(=O)O)C(=O)Nc1ccc(OC)c(Br)c1. The molecule has 6 nitrogen and oxygen atoms in total. The second-order valence-electron chi connectivity index (χ2n) is 3.84. The van der Waals surface area contributed by atoms with Gasteiger partial charge in [-0.05, 0) is 34.1 Å². The molecule has 0 heterocycles. The molecule has 1 aromatic rings. The molecule has 0 saturated carbocycles. The number of anilines is 1. The molecular formula is C13H15BrN2O4. The van der Waals surface area contributed by atoms with E-state index < -0.39 is 18.5 Å². The number of nitrogens with zero attached hydrogens (tertiary/aromatic N) is 1. The number of ether oxygens (including phenoxy) is 1. The second-order valence-corrected chi connectivity index (χ2v) is 4.70. The summed E-state index contributed by atoms with van der Waals surface area (Å²) in [5, 5.41) is 11.4. The van der Waals surface area contributed by atoms with Crippen molar-refractivity contribution >= 4 is 33.6 Å². The van der Waals surface area contributed by atoms with Crippen LogP contribution in [0.25, 0.3) is 0 Å². The number of carbonyl (C=O) groups is 2. The van der Waals surface area contributed by atoms with Gasteiger partial charge in [0.25, 0.3) is 0 Å². The van der Waals surface area contributed by atoms with Crippen LogP contribution in [0.5, 0.6) is 5.75 Å². The first-order valence-electron chi connectivity index (χ1n) is 5.70. The average Bonchev–Trinajstić information content (AvgIpc) is 2.38. The van der Waals surface area contributed by atoms with E-state index in [1.54, 1.807) is 18.2 Å². The maximum absolute atomic E-state index is 12.0. The summed E-state index contributed by atoms with van der Waals surface area (Å²) >= 11 is 3.31. The molecule has 0 saturated heterocycles. The van der Waals surface area contributed by atoms with Crippen molar-refractivity contribution in [1.29, 1.82) is 0 Å². The summed E-state index contributed by atoms with van der Waals surface area (Å²) in [6.07, 6.45) is 1.46. The lowest BCUT2D eigenvalue weighted by Crippen LogP contribution is -2.38. The van der Waals surface area contributed by atoms with Gasteiger partial charge in [-0.25, -0.2) is 4.79 Å². The Morgan fingerprint density at radius 3 is 2.75 bits per heavy atom. The predicted molar refractivity (Wildman–Crippen MR) is 79.1 cm³/mol. The molecule has 20 heavy (non-hydrogen) atoms. The highest BCUT2D eigenvalue weighted by Crippen LogP contribution is 2.27. The van der Waals surface area contributed by atoms with Crippen LogP contribution in [0.2, 0.25) is 0 Å². The van der Waals surface area contributed by atoms with Crippen LogP contribution >= 0.6 is 15.9 Å². The van der Waals surface area contributed by atoms with Crippen molar-refractivity contribution in [3.8, 4) is 5.75 Å². The van der Waals surface area contributed by atoms with E-state index in [1.165, 1.54) is 13.2 Å². The molecule has 0 atom stereocenters. The molecular weight excluding hydrogens is 328 g/mol. The lowest BCUT2D eigenvalue weighted by Gasteiger charge is -2.19.